The summed E-state index contributed by atoms with van der Waals surface area (Å²) in [5, 5.41) is 4.68. The van der Waals surface area contributed by atoms with Crippen molar-refractivity contribution in [2.24, 2.45) is 0 Å². The first-order valence-corrected chi connectivity index (χ1v) is 27.3. The summed E-state index contributed by atoms with van der Waals surface area (Å²) in [6.45, 7) is 0. The van der Waals surface area contributed by atoms with Crippen molar-refractivity contribution in [3.05, 3.63) is 297 Å². The summed E-state index contributed by atoms with van der Waals surface area (Å²) in [6.07, 6.45) is 15.1. The molecular weight excluding hydrogens is 973 g/mol. The van der Waals surface area contributed by atoms with Crippen LogP contribution in [-0.4, -0.2) is 29.1 Å². The van der Waals surface area contributed by atoms with Gasteiger partial charge in [-0.2, -0.15) is 0 Å². The molecule has 6 heterocycles. The van der Waals surface area contributed by atoms with E-state index in [9.17, 15) is 0 Å². The Bertz CT molecular complexity index is 4590. The maximum Gasteiger partial charge on any atom is 0.0708 e. The monoisotopic (exact) mass is 1020 g/mol. The molecular formula is C74H50N6. The minimum absolute atomic E-state index is 0.147. The number of benzene rings is 8. The summed E-state index contributed by atoms with van der Waals surface area (Å²) < 4.78 is 4.89. The Morgan fingerprint density at radius 2 is 0.688 bits per heavy atom. The zero-order valence-electron chi connectivity index (χ0n) is 43.6. The van der Waals surface area contributed by atoms with Crippen molar-refractivity contribution in [3.8, 4) is 78.5 Å². The topological polar surface area (TPSA) is 61.4 Å². The van der Waals surface area contributed by atoms with Gasteiger partial charge >= 0.3 is 0 Å². The third-order valence-electron chi connectivity index (χ3n) is 16.0. The number of aromatic nitrogens is 6. The highest BCUT2D eigenvalue weighted by Gasteiger charge is 2.24. The van der Waals surface area contributed by atoms with Crippen molar-refractivity contribution in [1.29, 1.82) is 0 Å². The molecule has 376 valence electrons. The number of allylic oxidation sites excluding steroid dienone is 4. The predicted octanol–water partition coefficient (Wildman–Crippen LogP) is 18.6. The lowest BCUT2D eigenvalue weighted by Crippen LogP contribution is -2.05. The lowest BCUT2D eigenvalue weighted by Gasteiger charge is -2.22. The first-order chi connectivity index (χ1) is 39.7. The molecule has 0 bridgehead atoms. The van der Waals surface area contributed by atoms with Gasteiger partial charge in [0.1, 0.15) is 0 Å². The molecule has 14 aromatic rings. The van der Waals surface area contributed by atoms with Crippen molar-refractivity contribution >= 4 is 49.2 Å². The molecule has 15 rings (SSSR count). The van der Waals surface area contributed by atoms with Crippen LogP contribution in [0.2, 0.25) is 0 Å². The van der Waals surface area contributed by atoms with Gasteiger partial charge in [0.2, 0.25) is 0 Å². The highest BCUT2D eigenvalue weighted by Crippen LogP contribution is 2.44. The molecule has 0 saturated carbocycles. The van der Waals surface area contributed by atoms with E-state index in [1.165, 1.54) is 21.9 Å². The van der Waals surface area contributed by atoms with Crippen molar-refractivity contribution in [3.63, 3.8) is 0 Å². The molecule has 0 fully saturated rings. The largest absolute Gasteiger partial charge is 0.309 e. The first-order valence-electron chi connectivity index (χ1n) is 27.3. The van der Waals surface area contributed by atoms with E-state index in [0.29, 0.717) is 0 Å². The van der Waals surface area contributed by atoms with E-state index in [1.807, 2.05) is 49.1 Å². The normalized spacial score (nSPS) is 13.3. The second-order valence-electron chi connectivity index (χ2n) is 20.5. The highest BCUT2D eigenvalue weighted by molar-refractivity contribution is 6.14. The lowest BCUT2D eigenvalue weighted by molar-refractivity contribution is 0.834. The second kappa shape index (κ2) is 19.8. The molecule has 6 nitrogen and oxygen atoms in total. The summed E-state index contributed by atoms with van der Waals surface area (Å²) in [5.74, 6) is 0.147. The fraction of sp³-hybridized carbons (Fsp3) is 0.0270. The van der Waals surface area contributed by atoms with Crippen molar-refractivity contribution in [2.45, 2.75) is 12.3 Å². The Hall–Kier alpha value is -10.6. The van der Waals surface area contributed by atoms with Gasteiger partial charge in [-0.15, -0.1) is 0 Å². The molecule has 80 heavy (non-hydrogen) atoms. The van der Waals surface area contributed by atoms with E-state index in [-0.39, 0.29) is 5.92 Å². The van der Waals surface area contributed by atoms with Gasteiger partial charge in [0.15, 0.2) is 0 Å². The zero-order chi connectivity index (χ0) is 52.9. The molecule has 0 radical (unpaired) electrons. The maximum absolute atomic E-state index is 4.86. The first kappa shape index (κ1) is 46.7. The fourth-order valence-corrected chi connectivity index (χ4v) is 12.3. The predicted molar refractivity (Wildman–Crippen MR) is 330 cm³/mol. The molecule has 6 aromatic heterocycles. The molecule has 1 atom stereocenters. The Labute approximate surface area is 463 Å². The van der Waals surface area contributed by atoms with Crippen molar-refractivity contribution in [1.82, 2.24) is 29.1 Å². The summed E-state index contributed by atoms with van der Waals surface area (Å²) in [4.78, 5) is 19.2. The number of hydrogen-bond acceptors (Lipinski definition) is 4. The van der Waals surface area contributed by atoms with Gasteiger partial charge < -0.3 is 9.13 Å². The Balaban J connectivity index is 0.931. The molecule has 0 spiro atoms. The van der Waals surface area contributed by atoms with Gasteiger partial charge in [0, 0.05) is 86.0 Å². The number of pyridine rings is 4. The molecule has 1 aliphatic rings. The van der Waals surface area contributed by atoms with E-state index >= 15 is 0 Å². The minimum Gasteiger partial charge on any atom is -0.309 e. The van der Waals surface area contributed by atoms with E-state index in [1.54, 1.807) is 0 Å². The SMILES string of the molecule is C1=CCC(c2ccccn2)C(c2ccc3c(c2)c2cc(-c4ccccc4-c4ccccn4)ccc2n3-c2cccc(-n3c4ccc(-c5ccccc5-c5ccccn5)cc4c4cc(-c5ccccc5-c5ccccn5)ccc43)c2)=C1. The molecule has 1 unspecified atom stereocenters. The third-order valence-corrected chi connectivity index (χ3v) is 16.0. The summed E-state index contributed by atoms with van der Waals surface area (Å²) in [5.41, 5.74) is 23.1. The molecule has 0 aliphatic heterocycles. The third kappa shape index (κ3) is 8.12. The van der Waals surface area contributed by atoms with Crippen LogP contribution in [-0.2, 0) is 0 Å². The molecule has 0 amide bonds. The van der Waals surface area contributed by atoms with Crippen LogP contribution in [0.5, 0.6) is 0 Å². The van der Waals surface area contributed by atoms with Crippen molar-refractivity contribution < 1.29 is 0 Å². The van der Waals surface area contributed by atoms with Gasteiger partial charge in [0.25, 0.3) is 0 Å². The molecule has 8 aromatic carbocycles. The van der Waals surface area contributed by atoms with Crippen LogP contribution >= 0.6 is 0 Å². The lowest BCUT2D eigenvalue weighted by atomic mass is 9.84. The quantitative estimate of drug-likeness (QED) is 0.137. The summed E-state index contributed by atoms with van der Waals surface area (Å²) >= 11 is 0. The van der Waals surface area contributed by atoms with E-state index in [0.717, 1.165) is 123 Å². The van der Waals surface area contributed by atoms with Crippen LogP contribution in [0.25, 0.3) is 128 Å². The smallest absolute Gasteiger partial charge is 0.0708 e. The Morgan fingerprint density at radius 1 is 0.312 bits per heavy atom. The van der Waals surface area contributed by atoms with Crippen molar-refractivity contribution in [2.75, 3.05) is 0 Å². The highest BCUT2D eigenvalue weighted by atomic mass is 15.0. The molecule has 0 N–H and O–H groups in total. The molecule has 1 aliphatic carbocycles. The van der Waals surface area contributed by atoms with Crippen LogP contribution in [0.1, 0.15) is 23.6 Å². The summed E-state index contributed by atoms with van der Waals surface area (Å²) in [7, 11) is 0. The number of fused-ring (bicyclic) bond motifs is 6. The van der Waals surface area contributed by atoms with Crippen LogP contribution in [0.3, 0.4) is 0 Å². The van der Waals surface area contributed by atoms with Gasteiger partial charge in [-0.3, -0.25) is 19.9 Å². The molecule has 6 heteroatoms. The number of nitrogens with zero attached hydrogens (tertiary/aromatic N) is 6. The Morgan fingerprint density at radius 3 is 1.09 bits per heavy atom. The maximum atomic E-state index is 4.86. The average Bonchev–Trinajstić information content (AvgIpc) is 4.13. The standard InChI is InChI=1S/C74H50N6/c1-5-24-59(67-28-9-13-40-75-67)55(20-1)49-32-36-71-63(44-49)64-45-50(56-21-2-6-25-60(56)68-29-10-14-41-76-68)33-37-72(64)79(71)53-18-17-19-54(48-53)80-73-38-34-51(57-22-3-7-26-61(57)69-30-11-15-42-77-69)46-65(73)66-47-52(35-39-74(66)80)58-23-4-8-27-62(58)70-31-12-16-43-78-70/h1-26,28-48,62H,27H2. The van der Waals surface area contributed by atoms with Crippen LogP contribution in [0, 0.1) is 0 Å². The van der Waals surface area contributed by atoms with Gasteiger partial charge in [0.05, 0.1) is 39.1 Å². The number of hydrogen-bond donors (Lipinski definition) is 0. The summed E-state index contributed by atoms with van der Waals surface area (Å²) in [6, 6.07) is 87.3. The fourth-order valence-electron chi connectivity index (χ4n) is 12.3. The van der Waals surface area contributed by atoms with Crippen LogP contribution < -0.4 is 0 Å². The number of rotatable bonds is 10. The van der Waals surface area contributed by atoms with E-state index in [2.05, 4.69) is 246 Å². The van der Waals surface area contributed by atoms with Gasteiger partial charge in [-0.25, -0.2) is 0 Å². The Kier molecular flexibility index (Phi) is 11.6. The minimum atomic E-state index is 0.147. The molecule has 0 saturated heterocycles. The second-order valence-corrected chi connectivity index (χ2v) is 20.5. The van der Waals surface area contributed by atoms with Gasteiger partial charge in [-0.05, 0) is 166 Å². The average molecular weight is 1020 g/mol. The zero-order valence-corrected chi connectivity index (χ0v) is 43.6. The van der Waals surface area contributed by atoms with E-state index < -0.39 is 0 Å². The van der Waals surface area contributed by atoms with Gasteiger partial charge in [-0.1, -0.05) is 146 Å². The van der Waals surface area contributed by atoms with Crippen LogP contribution in [0.15, 0.2) is 286 Å². The van der Waals surface area contributed by atoms with Crippen LogP contribution in [0.4, 0.5) is 0 Å². The van der Waals surface area contributed by atoms with E-state index in [4.69, 9.17) is 19.9 Å².